The maximum atomic E-state index is 14.0. The molecule has 0 saturated carbocycles. The highest BCUT2D eigenvalue weighted by Gasteiger charge is 2.27. The lowest BCUT2D eigenvalue weighted by molar-refractivity contribution is -0.174. The molecule has 1 rings (SSSR count). The van der Waals surface area contributed by atoms with Gasteiger partial charge in [0.1, 0.15) is 6.61 Å². The Morgan fingerprint density at radius 3 is 2.60 bits per heavy atom. The first-order valence-corrected chi connectivity index (χ1v) is 5.82. The van der Waals surface area contributed by atoms with Crippen molar-refractivity contribution in [2.24, 2.45) is 5.84 Å². The van der Waals surface area contributed by atoms with Crippen LogP contribution < -0.4 is 16.0 Å². The second-order valence-electron chi connectivity index (χ2n) is 4.04. The average Bonchev–Trinajstić information content (AvgIpc) is 2.39. The predicted molar refractivity (Wildman–Crippen MR) is 64.5 cm³/mol. The molecule has 0 aliphatic carbocycles. The van der Waals surface area contributed by atoms with E-state index in [1.54, 1.807) is 6.07 Å². The van der Waals surface area contributed by atoms with Gasteiger partial charge in [-0.2, -0.15) is 13.2 Å². The number of benzene rings is 1. The van der Waals surface area contributed by atoms with Gasteiger partial charge < -0.3 is 9.47 Å². The summed E-state index contributed by atoms with van der Waals surface area (Å²) in [5, 5.41) is 0. The van der Waals surface area contributed by atoms with Crippen molar-refractivity contribution < 1.29 is 27.0 Å². The van der Waals surface area contributed by atoms with Crippen molar-refractivity contribution in [3.8, 4) is 5.75 Å². The molecule has 0 amide bonds. The summed E-state index contributed by atoms with van der Waals surface area (Å²) in [6.07, 6.45) is -4.29. The topological polar surface area (TPSA) is 56.5 Å². The molecule has 0 spiro atoms. The Kier molecular flexibility index (Phi) is 6.18. The van der Waals surface area contributed by atoms with Crippen LogP contribution in [-0.4, -0.2) is 26.5 Å². The number of alkyl halides is 3. The summed E-state index contributed by atoms with van der Waals surface area (Å²) in [6, 6.07) is 3.81. The number of halogens is 4. The zero-order valence-corrected chi connectivity index (χ0v) is 10.8. The average molecular weight is 296 g/mol. The molecule has 1 aromatic rings. The number of hydrogen-bond donors (Lipinski definition) is 2. The first-order valence-electron chi connectivity index (χ1n) is 5.82. The summed E-state index contributed by atoms with van der Waals surface area (Å²) in [4.78, 5) is 0. The van der Waals surface area contributed by atoms with Crippen LogP contribution in [0.2, 0.25) is 0 Å². The molecule has 0 aromatic heterocycles. The van der Waals surface area contributed by atoms with Gasteiger partial charge in [-0.05, 0) is 12.5 Å². The van der Waals surface area contributed by atoms with Crippen molar-refractivity contribution >= 4 is 0 Å². The summed E-state index contributed by atoms with van der Waals surface area (Å²) >= 11 is 0. The Morgan fingerprint density at radius 1 is 1.35 bits per heavy atom. The first-order chi connectivity index (χ1) is 9.39. The van der Waals surface area contributed by atoms with E-state index >= 15 is 0 Å². The molecule has 1 aromatic carbocycles. The highest BCUT2D eigenvalue weighted by Crippen LogP contribution is 2.26. The number of hydrogen-bond acceptors (Lipinski definition) is 4. The van der Waals surface area contributed by atoms with Crippen LogP contribution in [-0.2, 0) is 4.74 Å². The van der Waals surface area contributed by atoms with E-state index in [9.17, 15) is 17.6 Å². The zero-order valence-electron chi connectivity index (χ0n) is 10.8. The third kappa shape index (κ3) is 4.95. The van der Waals surface area contributed by atoms with Crippen LogP contribution in [0.15, 0.2) is 18.2 Å². The Bertz CT molecular complexity index is 426. The van der Waals surface area contributed by atoms with Gasteiger partial charge >= 0.3 is 6.18 Å². The Labute approximate surface area is 113 Å². The van der Waals surface area contributed by atoms with E-state index in [-0.39, 0.29) is 24.3 Å². The van der Waals surface area contributed by atoms with Crippen LogP contribution in [0.3, 0.4) is 0 Å². The fourth-order valence-corrected chi connectivity index (χ4v) is 1.67. The monoisotopic (exact) mass is 296 g/mol. The van der Waals surface area contributed by atoms with Gasteiger partial charge in [-0.25, -0.2) is 4.39 Å². The third-order valence-corrected chi connectivity index (χ3v) is 2.61. The molecule has 1 unspecified atom stereocenters. The molecule has 3 N–H and O–H groups in total. The molecule has 114 valence electrons. The smallest absolute Gasteiger partial charge is 0.411 e. The highest BCUT2D eigenvalue weighted by atomic mass is 19.4. The minimum absolute atomic E-state index is 0.0407. The van der Waals surface area contributed by atoms with Crippen molar-refractivity contribution in [3.63, 3.8) is 0 Å². The minimum atomic E-state index is -4.38. The molecule has 1 atom stereocenters. The van der Waals surface area contributed by atoms with E-state index < -0.39 is 24.6 Å². The molecular weight excluding hydrogens is 280 g/mol. The molecule has 0 radical (unpaired) electrons. The molecular formula is C12H16F4N2O2. The Morgan fingerprint density at radius 2 is 2.05 bits per heavy atom. The lowest BCUT2D eigenvalue weighted by Gasteiger charge is -2.18. The molecule has 4 nitrogen and oxygen atoms in total. The fraction of sp³-hybridized carbons (Fsp3) is 0.500. The van der Waals surface area contributed by atoms with E-state index in [1.165, 1.54) is 19.2 Å². The summed E-state index contributed by atoms with van der Waals surface area (Å²) in [5.41, 5.74) is 2.56. The van der Waals surface area contributed by atoms with E-state index in [1.807, 2.05) is 0 Å². The summed E-state index contributed by atoms with van der Waals surface area (Å²) in [5.74, 6) is 4.74. The minimum Gasteiger partial charge on any atom is -0.494 e. The molecule has 0 aliphatic heterocycles. The molecule has 0 saturated heterocycles. The van der Waals surface area contributed by atoms with Crippen LogP contribution in [0.1, 0.15) is 18.0 Å². The number of ether oxygens (including phenoxy) is 2. The summed E-state index contributed by atoms with van der Waals surface area (Å²) < 4.78 is 59.0. The first kappa shape index (κ1) is 16.7. The third-order valence-electron chi connectivity index (χ3n) is 2.61. The van der Waals surface area contributed by atoms with Crippen molar-refractivity contribution in [2.75, 3.05) is 20.3 Å². The second kappa shape index (κ2) is 7.41. The maximum absolute atomic E-state index is 14.0. The molecule has 20 heavy (non-hydrogen) atoms. The lowest BCUT2D eigenvalue weighted by Crippen LogP contribution is -2.30. The normalized spacial score (nSPS) is 13.3. The van der Waals surface area contributed by atoms with Gasteiger partial charge in [0.25, 0.3) is 0 Å². The van der Waals surface area contributed by atoms with Gasteiger partial charge in [-0.1, -0.05) is 12.1 Å². The van der Waals surface area contributed by atoms with Crippen LogP contribution in [0, 0.1) is 5.82 Å². The SMILES string of the molecule is COc1cccc(C(CCOCC(F)(F)F)NN)c1F. The number of methoxy groups -OCH3 is 1. The van der Waals surface area contributed by atoms with Gasteiger partial charge in [0.15, 0.2) is 11.6 Å². The van der Waals surface area contributed by atoms with Crippen LogP contribution >= 0.6 is 0 Å². The summed E-state index contributed by atoms with van der Waals surface area (Å²) in [7, 11) is 1.32. The fourth-order valence-electron chi connectivity index (χ4n) is 1.67. The van der Waals surface area contributed by atoms with E-state index in [0.717, 1.165) is 0 Å². The quantitative estimate of drug-likeness (QED) is 0.351. The van der Waals surface area contributed by atoms with Crippen molar-refractivity contribution in [1.29, 1.82) is 0 Å². The standard InChI is InChI=1S/C12H16F4N2O2/c1-19-10-4-2-3-8(11(10)13)9(18-17)5-6-20-7-12(14,15)16/h2-4,9,18H,5-7,17H2,1H3. The van der Waals surface area contributed by atoms with E-state index in [4.69, 9.17) is 10.6 Å². The molecule has 8 heteroatoms. The summed E-state index contributed by atoms with van der Waals surface area (Å²) in [6.45, 7) is -1.55. The number of nitrogens with two attached hydrogens (primary N) is 1. The zero-order chi connectivity index (χ0) is 15.2. The van der Waals surface area contributed by atoms with Crippen LogP contribution in [0.25, 0.3) is 0 Å². The van der Waals surface area contributed by atoms with E-state index in [0.29, 0.717) is 0 Å². The van der Waals surface area contributed by atoms with E-state index in [2.05, 4.69) is 10.2 Å². The molecule has 0 fully saturated rings. The van der Waals surface area contributed by atoms with Crippen molar-refractivity contribution in [3.05, 3.63) is 29.6 Å². The largest absolute Gasteiger partial charge is 0.494 e. The number of nitrogens with one attached hydrogen (secondary N) is 1. The molecule has 0 bridgehead atoms. The van der Waals surface area contributed by atoms with Crippen molar-refractivity contribution in [1.82, 2.24) is 5.43 Å². The lowest BCUT2D eigenvalue weighted by atomic mass is 10.0. The molecule has 0 aliphatic rings. The van der Waals surface area contributed by atoms with Crippen LogP contribution in [0.5, 0.6) is 5.75 Å². The second-order valence-corrected chi connectivity index (χ2v) is 4.04. The van der Waals surface area contributed by atoms with Gasteiger partial charge in [-0.3, -0.25) is 11.3 Å². The molecule has 0 heterocycles. The number of rotatable bonds is 7. The predicted octanol–water partition coefficient (Wildman–Crippen LogP) is 2.31. The number of hydrazine groups is 1. The Balaban J connectivity index is 2.63. The Hall–Kier alpha value is -1.38. The maximum Gasteiger partial charge on any atom is 0.411 e. The van der Waals surface area contributed by atoms with Gasteiger partial charge in [-0.15, -0.1) is 0 Å². The van der Waals surface area contributed by atoms with Gasteiger partial charge in [0.2, 0.25) is 0 Å². The van der Waals surface area contributed by atoms with Gasteiger partial charge in [0, 0.05) is 12.2 Å². The van der Waals surface area contributed by atoms with Crippen LogP contribution in [0.4, 0.5) is 17.6 Å². The highest BCUT2D eigenvalue weighted by molar-refractivity contribution is 5.33. The van der Waals surface area contributed by atoms with Crippen molar-refractivity contribution in [2.45, 2.75) is 18.6 Å². The van der Waals surface area contributed by atoms with Gasteiger partial charge in [0.05, 0.1) is 13.2 Å².